The Bertz CT molecular complexity index is 746. The highest BCUT2D eigenvalue weighted by Crippen LogP contribution is 2.39. The van der Waals surface area contributed by atoms with Gasteiger partial charge in [-0.15, -0.1) is 11.3 Å². The summed E-state index contributed by atoms with van der Waals surface area (Å²) in [7, 11) is 0. The van der Waals surface area contributed by atoms with Crippen LogP contribution < -0.4 is 4.74 Å². The minimum Gasteiger partial charge on any atom is -0.418 e. The van der Waals surface area contributed by atoms with Gasteiger partial charge in [0.1, 0.15) is 0 Å². The van der Waals surface area contributed by atoms with Crippen molar-refractivity contribution in [2.24, 2.45) is 0 Å². The van der Waals surface area contributed by atoms with Crippen molar-refractivity contribution in [2.45, 2.75) is 6.92 Å². The maximum atomic E-state index is 10.3. The van der Waals surface area contributed by atoms with Crippen molar-refractivity contribution < 1.29 is 9.53 Å². The van der Waals surface area contributed by atoms with Gasteiger partial charge in [-0.3, -0.25) is 9.78 Å². The molecule has 0 spiro atoms. The molecule has 0 unspecified atom stereocenters. The number of thiophene rings is 2. The number of aryl methyl sites for hydroxylation is 1. The first kappa shape index (κ1) is 13.0. The Morgan fingerprint density at radius 3 is 2.60 bits per heavy atom. The Balaban J connectivity index is 1.91. The summed E-state index contributed by atoms with van der Waals surface area (Å²) < 4.78 is 4.85. The summed E-state index contributed by atoms with van der Waals surface area (Å²) in [5, 5.41) is 0.615. The SMILES string of the molecule is Cc1cc(-c2ccc(-c3ccc(OC=O)s3)s2)ccn1. The van der Waals surface area contributed by atoms with Gasteiger partial charge < -0.3 is 4.74 Å². The monoisotopic (exact) mass is 301 g/mol. The van der Waals surface area contributed by atoms with E-state index in [1.165, 1.54) is 26.7 Å². The van der Waals surface area contributed by atoms with Crippen LogP contribution in [-0.4, -0.2) is 11.5 Å². The molecule has 0 aliphatic heterocycles. The van der Waals surface area contributed by atoms with Crippen LogP contribution in [0.25, 0.3) is 20.2 Å². The lowest BCUT2D eigenvalue weighted by Crippen LogP contribution is -1.82. The van der Waals surface area contributed by atoms with Gasteiger partial charge in [0.05, 0.1) is 0 Å². The lowest BCUT2D eigenvalue weighted by atomic mass is 10.2. The summed E-state index contributed by atoms with van der Waals surface area (Å²) in [6.07, 6.45) is 1.82. The predicted octanol–water partition coefficient (Wildman–Crippen LogP) is 4.38. The Hall–Kier alpha value is -1.98. The number of rotatable bonds is 4. The molecule has 0 saturated carbocycles. The molecular weight excluding hydrogens is 290 g/mol. The number of aromatic nitrogens is 1. The molecule has 0 fully saturated rings. The van der Waals surface area contributed by atoms with E-state index in [1.54, 1.807) is 11.3 Å². The molecule has 20 heavy (non-hydrogen) atoms. The van der Waals surface area contributed by atoms with Gasteiger partial charge in [-0.25, -0.2) is 0 Å². The summed E-state index contributed by atoms with van der Waals surface area (Å²) in [5.74, 6) is 0. The number of ether oxygens (including phenoxy) is 1. The fourth-order valence-corrected chi connectivity index (χ4v) is 3.81. The first-order valence-electron chi connectivity index (χ1n) is 5.99. The molecule has 3 nitrogen and oxygen atoms in total. The topological polar surface area (TPSA) is 39.2 Å². The summed E-state index contributed by atoms with van der Waals surface area (Å²) in [4.78, 5) is 18.0. The number of nitrogens with zero attached hydrogens (tertiary/aromatic N) is 1. The van der Waals surface area contributed by atoms with Gasteiger partial charge >= 0.3 is 0 Å². The number of carbonyl (C=O) groups excluding carboxylic acids is 1. The fourth-order valence-electron chi connectivity index (χ4n) is 1.89. The van der Waals surface area contributed by atoms with Crippen LogP contribution in [0.4, 0.5) is 0 Å². The molecule has 3 heterocycles. The molecular formula is C15H11NO2S2. The van der Waals surface area contributed by atoms with E-state index in [9.17, 15) is 4.79 Å². The largest absolute Gasteiger partial charge is 0.418 e. The third kappa shape index (κ3) is 2.64. The maximum Gasteiger partial charge on any atom is 0.299 e. The normalized spacial score (nSPS) is 10.4. The van der Waals surface area contributed by atoms with Crippen LogP contribution in [0.3, 0.4) is 0 Å². The summed E-state index contributed by atoms with van der Waals surface area (Å²) in [6, 6.07) is 12.1. The van der Waals surface area contributed by atoms with Crippen LogP contribution in [-0.2, 0) is 4.79 Å². The molecule has 0 N–H and O–H groups in total. The Labute approximate surface area is 124 Å². The molecule has 3 rings (SSSR count). The molecule has 0 atom stereocenters. The number of carbonyl (C=O) groups is 1. The molecule has 3 aromatic rings. The maximum absolute atomic E-state index is 10.3. The molecule has 0 aliphatic carbocycles. The number of hydrogen-bond donors (Lipinski definition) is 0. The number of pyridine rings is 1. The minimum atomic E-state index is 0.454. The second-order valence-electron chi connectivity index (χ2n) is 4.18. The van der Waals surface area contributed by atoms with Crippen molar-refractivity contribution in [3.63, 3.8) is 0 Å². The smallest absolute Gasteiger partial charge is 0.299 e. The first-order valence-corrected chi connectivity index (χ1v) is 7.63. The van der Waals surface area contributed by atoms with Gasteiger partial charge in [-0.05, 0) is 48.9 Å². The molecule has 5 heteroatoms. The van der Waals surface area contributed by atoms with E-state index in [0.717, 1.165) is 10.6 Å². The van der Waals surface area contributed by atoms with Crippen LogP contribution in [0.2, 0.25) is 0 Å². The van der Waals surface area contributed by atoms with Crippen LogP contribution in [0, 0.1) is 6.92 Å². The van der Waals surface area contributed by atoms with Crippen molar-refractivity contribution in [3.05, 3.63) is 48.3 Å². The van der Waals surface area contributed by atoms with E-state index in [-0.39, 0.29) is 0 Å². The van der Waals surface area contributed by atoms with Gasteiger partial charge in [-0.1, -0.05) is 11.3 Å². The zero-order chi connectivity index (χ0) is 13.9. The zero-order valence-electron chi connectivity index (χ0n) is 10.7. The van der Waals surface area contributed by atoms with Crippen LogP contribution in [0.1, 0.15) is 5.69 Å². The summed E-state index contributed by atoms with van der Waals surface area (Å²) >= 11 is 3.18. The zero-order valence-corrected chi connectivity index (χ0v) is 12.3. The molecule has 0 saturated heterocycles. The van der Waals surface area contributed by atoms with Crippen LogP contribution in [0.15, 0.2) is 42.6 Å². The highest BCUT2D eigenvalue weighted by molar-refractivity contribution is 7.24. The molecule has 0 aliphatic rings. The van der Waals surface area contributed by atoms with Gasteiger partial charge in [0, 0.05) is 26.5 Å². The average Bonchev–Trinajstić information content (AvgIpc) is 3.07. The Morgan fingerprint density at radius 1 is 1.05 bits per heavy atom. The van der Waals surface area contributed by atoms with Crippen molar-refractivity contribution in [1.29, 1.82) is 0 Å². The summed E-state index contributed by atoms with van der Waals surface area (Å²) in [5.41, 5.74) is 2.19. The predicted molar refractivity (Wildman–Crippen MR) is 82.3 cm³/mol. The van der Waals surface area contributed by atoms with E-state index in [0.29, 0.717) is 11.5 Å². The number of hydrogen-bond acceptors (Lipinski definition) is 5. The van der Waals surface area contributed by atoms with Gasteiger partial charge in [0.15, 0.2) is 5.06 Å². The first-order chi connectivity index (χ1) is 9.76. The van der Waals surface area contributed by atoms with E-state index < -0.39 is 0 Å². The van der Waals surface area contributed by atoms with E-state index in [1.807, 2.05) is 31.3 Å². The lowest BCUT2D eigenvalue weighted by molar-refractivity contribution is -0.120. The standard InChI is InChI=1S/C15H11NO2S2/c1-10-8-11(6-7-16-10)12-2-3-13(19-12)14-4-5-15(20-14)18-9-17/h2-9H,1H3. The van der Waals surface area contributed by atoms with E-state index in [2.05, 4.69) is 23.2 Å². The molecule has 0 aromatic carbocycles. The second-order valence-corrected chi connectivity index (χ2v) is 6.31. The Kier molecular flexibility index (Phi) is 3.62. The van der Waals surface area contributed by atoms with E-state index in [4.69, 9.17) is 4.74 Å². The highest BCUT2D eigenvalue weighted by atomic mass is 32.1. The van der Waals surface area contributed by atoms with Crippen molar-refractivity contribution in [2.75, 3.05) is 0 Å². The molecule has 100 valence electrons. The molecule has 0 radical (unpaired) electrons. The molecule has 3 aromatic heterocycles. The Morgan fingerprint density at radius 2 is 1.80 bits per heavy atom. The third-order valence-corrected chi connectivity index (χ3v) is 5.08. The quantitative estimate of drug-likeness (QED) is 0.671. The van der Waals surface area contributed by atoms with Crippen molar-refractivity contribution >= 4 is 29.1 Å². The molecule has 0 amide bonds. The van der Waals surface area contributed by atoms with Gasteiger partial charge in [0.25, 0.3) is 6.47 Å². The molecule has 0 bridgehead atoms. The minimum absolute atomic E-state index is 0.454. The summed E-state index contributed by atoms with van der Waals surface area (Å²) in [6.45, 7) is 2.44. The van der Waals surface area contributed by atoms with Gasteiger partial charge in [0.2, 0.25) is 0 Å². The van der Waals surface area contributed by atoms with Crippen LogP contribution >= 0.6 is 22.7 Å². The fraction of sp³-hybridized carbons (Fsp3) is 0.0667. The van der Waals surface area contributed by atoms with E-state index >= 15 is 0 Å². The van der Waals surface area contributed by atoms with Crippen molar-refractivity contribution in [1.82, 2.24) is 4.98 Å². The van der Waals surface area contributed by atoms with Gasteiger partial charge in [-0.2, -0.15) is 0 Å². The van der Waals surface area contributed by atoms with Crippen molar-refractivity contribution in [3.8, 4) is 25.3 Å². The highest BCUT2D eigenvalue weighted by Gasteiger charge is 2.08. The average molecular weight is 301 g/mol. The van der Waals surface area contributed by atoms with Crippen LogP contribution in [0.5, 0.6) is 5.06 Å². The lowest BCUT2D eigenvalue weighted by Gasteiger charge is -1.97. The second kappa shape index (κ2) is 5.56. The third-order valence-electron chi connectivity index (χ3n) is 2.78.